The van der Waals surface area contributed by atoms with Crippen molar-refractivity contribution in [1.82, 2.24) is 4.31 Å². The Labute approximate surface area is 187 Å². The number of nitrogens with zero attached hydrogens (tertiary/aromatic N) is 1. The largest absolute Gasteiger partial charge is 0.496 e. The minimum atomic E-state index is -3.81. The molecule has 0 spiro atoms. The second-order valence-electron chi connectivity index (χ2n) is 7.27. The number of esters is 1. The van der Waals surface area contributed by atoms with Crippen LogP contribution in [0.1, 0.15) is 52.5 Å². The van der Waals surface area contributed by atoms with Crippen molar-refractivity contribution in [1.29, 1.82) is 0 Å². The highest BCUT2D eigenvalue weighted by Crippen LogP contribution is 2.28. The summed E-state index contributed by atoms with van der Waals surface area (Å²) in [7, 11) is -2.33. The molecule has 1 aliphatic rings. The third-order valence-electron chi connectivity index (χ3n) is 5.15. The van der Waals surface area contributed by atoms with Crippen molar-refractivity contribution in [3.8, 4) is 5.75 Å². The van der Waals surface area contributed by atoms with Crippen LogP contribution >= 0.6 is 11.6 Å². The molecule has 0 radical (unpaired) electrons. The maximum atomic E-state index is 13.0. The van der Waals surface area contributed by atoms with Crippen LogP contribution in [-0.2, 0) is 21.4 Å². The minimum Gasteiger partial charge on any atom is -0.496 e. The number of halogens is 1. The van der Waals surface area contributed by atoms with E-state index in [1.54, 1.807) is 18.2 Å². The number of carbonyl (C=O) groups is 2. The van der Waals surface area contributed by atoms with Gasteiger partial charge in [0.15, 0.2) is 5.78 Å². The van der Waals surface area contributed by atoms with Crippen molar-refractivity contribution in [3.63, 3.8) is 0 Å². The Balaban J connectivity index is 1.81. The summed E-state index contributed by atoms with van der Waals surface area (Å²) in [5.74, 6) is -0.357. The van der Waals surface area contributed by atoms with Crippen molar-refractivity contribution in [2.75, 3.05) is 20.2 Å². The molecule has 2 aromatic carbocycles. The molecule has 0 saturated carbocycles. The van der Waals surface area contributed by atoms with Gasteiger partial charge in [-0.25, -0.2) is 13.2 Å². The lowest BCUT2D eigenvalue weighted by molar-refractivity contribution is 0.0470. The summed E-state index contributed by atoms with van der Waals surface area (Å²) >= 11 is 6.16. The fraction of sp³-hybridized carbons (Fsp3) is 0.364. The molecule has 1 heterocycles. The van der Waals surface area contributed by atoms with Gasteiger partial charge in [0.25, 0.3) is 0 Å². The zero-order valence-electron chi connectivity index (χ0n) is 17.4. The molecule has 31 heavy (non-hydrogen) atoms. The molecular formula is C22H24ClNO6S. The molecule has 9 heteroatoms. The standard InChI is InChI=1S/C22H24ClNO6S/c1-15(25)16-7-9-20(29-2)18(12-16)14-30-22(26)17-6-8-19(23)21(13-17)31(27,28)24-10-4-3-5-11-24/h6-9,12-13H,3-5,10-11,14H2,1-2H3. The van der Waals surface area contributed by atoms with E-state index < -0.39 is 16.0 Å². The van der Waals surface area contributed by atoms with Crippen LogP contribution in [0.3, 0.4) is 0 Å². The first-order chi connectivity index (χ1) is 14.7. The SMILES string of the molecule is COc1ccc(C(C)=O)cc1COC(=O)c1ccc(Cl)c(S(=O)(=O)N2CCCCC2)c1. The summed E-state index contributed by atoms with van der Waals surface area (Å²) in [5.41, 5.74) is 1.06. The number of ether oxygens (including phenoxy) is 2. The van der Waals surface area contributed by atoms with E-state index in [0.717, 1.165) is 19.3 Å². The van der Waals surface area contributed by atoms with E-state index in [9.17, 15) is 18.0 Å². The molecule has 0 bridgehead atoms. The maximum Gasteiger partial charge on any atom is 0.338 e. The molecule has 0 aliphatic carbocycles. The lowest BCUT2D eigenvalue weighted by Gasteiger charge is -2.26. The molecule has 0 unspecified atom stereocenters. The fourth-order valence-corrected chi connectivity index (χ4v) is 5.43. The normalized spacial score (nSPS) is 14.8. The Morgan fingerprint density at radius 1 is 1.03 bits per heavy atom. The van der Waals surface area contributed by atoms with E-state index in [1.807, 2.05) is 0 Å². The van der Waals surface area contributed by atoms with Gasteiger partial charge in [-0.1, -0.05) is 18.0 Å². The molecule has 7 nitrogen and oxygen atoms in total. The first-order valence-corrected chi connectivity index (χ1v) is 11.7. The topological polar surface area (TPSA) is 90.0 Å². The lowest BCUT2D eigenvalue weighted by Crippen LogP contribution is -2.35. The number of hydrogen-bond acceptors (Lipinski definition) is 6. The van der Waals surface area contributed by atoms with Crippen LogP contribution in [0.2, 0.25) is 5.02 Å². The van der Waals surface area contributed by atoms with Crippen LogP contribution in [0.5, 0.6) is 5.75 Å². The van der Waals surface area contributed by atoms with Gasteiger partial charge in [0.2, 0.25) is 10.0 Å². The summed E-state index contributed by atoms with van der Waals surface area (Å²) in [6.07, 6.45) is 2.57. The smallest absolute Gasteiger partial charge is 0.338 e. The second-order valence-corrected chi connectivity index (χ2v) is 9.58. The number of sulfonamides is 1. The molecule has 0 aromatic heterocycles. The Morgan fingerprint density at radius 2 is 1.71 bits per heavy atom. The second kappa shape index (κ2) is 9.80. The number of ketones is 1. The van der Waals surface area contributed by atoms with Gasteiger partial charge in [-0.05, 0) is 56.2 Å². The maximum absolute atomic E-state index is 13.0. The monoisotopic (exact) mass is 465 g/mol. The summed E-state index contributed by atoms with van der Waals surface area (Å²) in [4.78, 5) is 24.1. The Kier molecular flexibility index (Phi) is 7.35. The summed E-state index contributed by atoms with van der Waals surface area (Å²) < 4.78 is 38.0. The van der Waals surface area contributed by atoms with Gasteiger partial charge >= 0.3 is 5.97 Å². The molecular weight excluding hydrogens is 442 g/mol. The number of Topliss-reactive ketones (excluding diaryl/α,β-unsaturated/α-hetero) is 1. The quantitative estimate of drug-likeness (QED) is 0.452. The average molecular weight is 466 g/mol. The third kappa shape index (κ3) is 5.26. The van der Waals surface area contributed by atoms with Gasteiger partial charge < -0.3 is 9.47 Å². The first-order valence-electron chi connectivity index (χ1n) is 9.88. The van der Waals surface area contributed by atoms with Gasteiger partial charge in [0, 0.05) is 24.2 Å². The highest BCUT2D eigenvalue weighted by Gasteiger charge is 2.29. The number of hydrogen-bond donors (Lipinski definition) is 0. The number of carbonyl (C=O) groups excluding carboxylic acids is 2. The summed E-state index contributed by atoms with van der Waals surface area (Å²) in [5, 5.41) is 0.0537. The van der Waals surface area contributed by atoms with Crippen molar-refractivity contribution in [3.05, 3.63) is 58.1 Å². The van der Waals surface area contributed by atoms with Gasteiger partial charge in [0.1, 0.15) is 17.3 Å². The third-order valence-corrected chi connectivity index (χ3v) is 7.53. The van der Waals surface area contributed by atoms with Gasteiger partial charge in [-0.2, -0.15) is 4.31 Å². The van der Waals surface area contributed by atoms with E-state index in [1.165, 1.54) is 36.5 Å². The highest BCUT2D eigenvalue weighted by molar-refractivity contribution is 7.89. The molecule has 0 amide bonds. The average Bonchev–Trinajstić information content (AvgIpc) is 2.77. The Hall–Kier alpha value is -2.42. The van der Waals surface area contributed by atoms with E-state index in [2.05, 4.69) is 0 Å². The van der Waals surface area contributed by atoms with E-state index in [4.69, 9.17) is 21.1 Å². The minimum absolute atomic E-state index is 0.0537. The number of rotatable bonds is 7. The number of methoxy groups -OCH3 is 1. The molecule has 166 valence electrons. The molecule has 1 fully saturated rings. The van der Waals surface area contributed by atoms with Crippen LogP contribution in [0.15, 0.2) is 41.3 Å². The predicted molar refractivity (Wildman–Crippen MR) is 116 cm³/mol. The van der Waals surface area contributed by atoms with E-state index in [-0.39, 0.29) is 27.9 Å². The molecule has 1 saturated heterocycles. The van der Waals surface area contributed by atoms with Crippen molar-refractivity contribution in [2.45, 2.75) is 37.7 Å². The van der Waals surface area contributed by atoms with E-state index in [0.29, 0.717) is 30.0 Å². The Bertz CT molecular complexity index is 1090. The summed E-state index contributed by atoms with van der Waals surface area (Å²) in [6, 6.07) is 8.91. The van der Waals surface area contributed by atoms with Crippen LogP contribution in [0.25, 0.3) is 0 Å². The number of benzene rings is 2. The van der Waals surface area contributed by atoms with E-state index >= 15 is 0 Å². The van der Waals surface area contributed by atoms with Crippen LogP contribution in [0.4, 0.5) is 0 Å². The predicted octanol–water partition coefficient (Wildman–Crippen LogP) is 4.08. The molecule has 2 aromatic rings. The molecule has 3 rings (SSSR count). The van der Waals surface area contributed by atoms with Crippen LogP contribution in [0, 0.1) is 0 Å². The van der Waals surface area contributed by atoms with Crippen molar-refractivity contribution < 1.29 is 27.5 Å². The highest BCUT2D eigenvalue weighted by atomic mass is 35.5. The zero-order valence-corrected chi connectivity index (χ0v) is 19.0. The Morgan fingerprint density at radius 3 is 2.35 bits per heavy atom. The first kappa shape index (κ1) is 23.2. The molecule has 0 N–H and O–H groups in total. The van der Waals surface area contributed by atoms with Gasteiger partial charge in [-0.15, -0.1) is 0 Å². The van der Waals surface area contributed by atoms with Gasteiger partial charge in [-0.3, -0.25) is 4.79 Å². The summed E-state index contributed by atoms with van der Waals surface area (Å²) in [6.45, 7) is 2.16. The lowest BCUT2D eigenvalue weighted by atomic mass is 10.1. The molecule has 1 aliphatic heterocycles. The van der Waals surface area contributed by atoms with Crippen LogP contribution < -0.4 is 4.74 Å². The van der Waals surface area contributed by atoms with Crippen molar-refractivity contribution >= 4 is 33.4 Å². The van der Waals surface area contributed by atoms with Gasteiger partial charge in [0.05, 0.1) is 17.7 Å². The van der Waals surface area contributed by atoms with Crippen molar-refractivity contribution in [2.24, 2.45) is 0 Å². The molecule has 0 atom stereocenters. The zero-order chi connectivity index (χ0) is 22.6. The van der Waals surface area contributed by atoms with Crippen LogP contribution in [-0.4, -0.2) is 44.7 Å². The fourth-order valence-electron chi connectivity index (χ4n) is 3.41. The number of piperidine rings is 1.